The van der Waals surface area contributed by atoms with E-state index in [0.29, 0.717) is 24.5 Å². The predicted octanol–water partition coefficient (Wildman–Crippen LogP) is 1.16. The molecule has 1 amide bonds. The van der Waals surface area contributed by atoms with E-state index in [0.717, 1.165) is 32.7 Å². The van der Waals surface area contributed by atoms with Gasteiger partial charge in [-0.15, -0.1) is 0 Å². The molecule has 0 bridgehead atoms. The summed E-state index contributed by atoms with van der Waals surface area (Å²) in [6.07, 6.45) is 1.34. The van der Waals surface area contributed by atoms with Crippen molar-refractivity contribution in [1.82, 2.24) is 9.80 Å². The van der Waals surface area contributed by atoms with Gasteiger partial charge >= 0.3 is 0 Å². The lowest BCUT2D eigenvalue weighted by Gasteiger charge is -2.34. The highest BCUT2D eigenvalue weighted by Gasteiger charge is 2.18. The minimum atomic E-state index is 0.153. The van der Waals surface area contributed by atoms with Crippen LogP contribution < -0.4 is 0 Å². The van der Waals surface area contributed by atoms with Gasteiger partial charge < -0.3 is 4.90 Å². The average molecular weight is 240 g/mol. The van der Waals surface area contributed by atoms with Gasteiger partial charge in [-0.1, -0.05) is 13.8 Å². The summed E-state index contributed by atoms with van der Waals surface area (Å²) >= 11 is 0. The summed E-state index contributed by atoms with van der Waals surface area (Å²) in [6.45, 7) is 10.00. The first kappa shape index (κ1) is 14.2. The molecule has 1 rings (SSSR count). The van der Waals surface area contributed by atoms with Crippen molar-refractivity contribution in [1.29, 1.82) is 0 Å². The van der Waals surface area contributed by atoms with Crippen LogP contribution in [0.15, 0.2) is 0 Å². The Balaban J connectivity index is 2.18. The lowest BCUT2D eigenvalue weighted by molar-refractivity contribution is -0.131. The highest BCUT2D eigenvalue weighted by Crippen LogP contribution is 2.06. The highest BCUT2D eigenvalue weighted by molar-refractivity contribution is 5.78. The normalized spacial score (nSPS) is 17.5. The van der Waals surface area contributed by atoms with Crippen molar-refractivity contribution in [3.8, 4) is 0 Å². The van der Waals surface area contributed by atoms with Crippen molar-refractivity contribution in [2.24, 2.45) is 5.92 Å². The van der Waals surface area contributed by atoms with Crippen molar-refractivity contribution in [3.63, 3.8) is 0 Å². The fourth-order valence-corrected chi connectivity index (χ4v) is 2.13. The van der Waals surface area contributed by atoms with Gasteiger partial charge in [0.05, 0.1) is 0 Å². The highest BCUT2D eigenvalue weighted by atomic mass is 16.2. The Hall–Kier alpha value is -0.900. The first-order valence-electron chi connectivity index (χ1n) is 6.48. The maximum absolute atomic E-state index is 11.6. The molecule has 1 aliphatic heterocycles. The number of piperazine rings is 1. The van der Waals surface area contributed by atoms with Crippen LogP contribution in [0.25, 0.3) is 0 Å². The Kier molecular flexibility index (Phi) is 5.62. The van der Waals surface area contributed by atoms with E-state index >= 15 is 0 Å². The molecule has 0 aromatic rings. The molecule has 0 aliphatic carbocycles. The second-order valence-corrected chi connectivity index (χ2v) is 5.23. The fourth-order valence-electron chi connectivity index (χ4n) is 2.13. The summed E-state index contributed by atoms with van der Waals surface area (Å²) < 4.78 is 0. The topological polar surface area (TPSA) is 40.6 Å². The number of hydrogen-bond acceptors (Lipinski definition) is 3. The number of rotatable bonds is 5. The van der Waals surface area contributed by atoms with Crippen LogP contribution >= 0.6 is 0 Å². The second-order valence-electron chi connectivity index (χ2n) is 5.23. The Morgan fingerprint density at radius 2 is 1.71 bits per heavy atom. The molecule has 0 unspecified atom stereocenters. The molecule has 0 saturated carbocycles. The molecule has 17 heavy (non-hydrogen) atoms. The van der Waals surface area contributed by atoms with Crippen molar-refractivity contribution < 1.29 is 9.59 Å². The molecule has 0 atom stereocenters. The van der Waals surface area contributed by atoms with Crippen LogP contribution in [0.3, 0.4) is 0 Å². The molecule has 4 heteroatoms. The molecule has 98 valence electrons. The molecule has 0 radical (unpaired) electrons. The van der Waals surface area contributed by atoms with Crippen LogP contribution in [0.5, 0.6) is 0 Å². The Morgan fingerprint density at radius 1 is 1.12 bits per heavy atom. The molecular formula is C13H24N2O2. The number of hydrogen-bond donors (Lipinski definition) is 0. The summed E-state index contributed by atoms with van der Waals surface area (Å²) in [5.74, 6) is 0.964. The maximum atomic E-state index is 11.6. The summed E-state index contributed by atoms with van der Waals surface area (Å²) in [7, 11) is 0. The minimum Gasteiger partial charge on any atom is -0.340 e. The van der Waals surface area contributed by atoms with Crippen molar-refractivity contribution in [2.45, 2.75) is 33.6 Å². The van der Waals surface area contributed by atoms with Crippen LogP contribution in [0, 0.1) is 5.92 Å². The molecular weight excluding hydrogens is 216 g/mol. The molecule has 0 spiro atoms. The van der Waals surface area contributed by atoms with E-state index in [1.54, 1.807) is 6.92 Å². The molecule has 1 aliphatic rings. The van der Waals surface area contributed by atoms with Gasteiger partial charge in [0, 0.05) is 52.5 Å². The molecule has 0 aromatic heterocycles. The number of amides is 1. The van der Waals surface area contributed by atoms with E-state index in [1.807, 2.05) is 4.90 Å². The quantitative estimate of drug-likeness (QED) is 0.724. The van der Waals surface area contributed by atoms with E-state index in [9.17, 15) is 9.59 Å². The van der Waals surface area contributed by atoms with Crippen LogP contribution in [-0.4, -0.2) is 54.2 Å². The van der Waals surface area contributed by atoms with Crippen molar-refractivity contribution in [3.05, 3.63) is 0 Å². The van der Waals surface area contributed by atoms with Crippen LogP contribution in [0.1, 0.15) is 33.6 Å². The number of carbonyl (C=O) groups excluding carboxylic acids is 2. The minimum absolute atomic E-state index is 0.153. The maximum Gasteiger partial charge on any atom is 0.219 e. The molecule has 1 heterocycles. The van der Waals surface area contributed by atoms with Crippen LogP contribution in [0.2, 0.25) is 0 Å². The number of ketones is 1. The van der Waals surface area contributed by atoms with Gasteiger partial charge in [0.25, 0.3) is 0 Å². The van der Waals surface area contributed by atoms with E-state index in [-0.39, 0.29) is 5.91 Å². The third kappa shape index (κ3) is 5.31. The molecule has 1 saturated heterocycles. The monoisotopic (exact) mass is 240 g/mol. The SMILES string of the molecule is CC(=O)N1CCN(CCC(=O)CC(C)C)CC1. The number of carbonyl (C=O) groups is 2. The summed E-state index contributed by atoms with van der Waals surface area (Å²) in [5, 5.41) is 0. The summed E-state index contributed by atoms with van der Waals surface area (Å²) in [5.41, 5.74) is 0. The van der Waals surface area contributed by atoms with Gasteiger partial charge in [-0.2, -0.15) is 0 Å². The summed E-state index contributed by atoms with van der Waals surface area (Å²) in [6, 6.07) is 0. The standard InChI is InChI=1S/C13H24N2O2/c1-11(2)10-13(17)4-5-14-6-8-15(9-7-14)12(3)16/h11H,4-10H2,1-3H3. The van der Waals surface area contributed by atoms with Gasteiger partial charge in [-0.3, -0.25) is 14.5 Å². The molecule has 0 aromatic carbocycles. The van der Waals surface area contributed by atoms with Crippen molar-refractivity contribution in [2.75, 3.05) is 32.7 Å². The third-order valence-electron chi connectivity index (χ3n) is 3.16. The molecule has 0 N–H and O–H groups in total. The van der Waals surface area contributed by atoms with E-state index in [2.05, 4.69) is 18.7 Å². The van der Waals surface area contributed by atoms with Gasteiger partial charge in [-0.25, -0.2) is 0 Å². The van der Waals surface area contributed by atoms with Gasteiger partial charge in [0.2, 0.25) is 5.91 Å². The summed E-state index contributed by atoms with van der Waals surface area (Å²) in [4.78, 5) is 26.9. The number of Topliss-reactive ketones (excluding diaryl/α,β-unsaturated/α-hetero) is 1. The van der Waals surface area contributed by atoms with Crippen LogP contribution in [0.4, 0.5) is 0 Å². The van der Waals surface area contributed by atoms with Gasteiger partial charge in [0.15, 0.2) is 0 Å². The largest absolute Gasteiger partial charge is 0.340 e. The molecule has 1 fully saturated rings. The Bertz CT molecular complexity index is 269. The fraction of sp³-hybridized carbons (Fsp3) is 0.846. The first-order valence-corrected chi connectivity index (χ1v) is 6.48. The first-order chi connectivity index (χ1) is 7.99. The van der Waals surface area contributed by atoms with Gasteiger partial charge in [0.1, 0.15) is 5.78 Å². The van der Waals surface area contributed by atoms with Crippen molar-refractivity contribution >= 4 is 11.7 Å². The van der Waals surface area contributed by atoms with Gasteiger partial charge in [-0.05, 0) is 5.92 Å². The zero-order valence-corrected chi connectivity index (χ0v) is 11.2. The van der Waals surface area contributed by atoms with Crippen LogP contribution in [-0.2, 0) is 9.59 Å². The Labute approximate surface area is 104 Å². The Morgan fingerprint density at radius 3 is 2.18 bits per heavy atom. The zero-order chi connectivity index (χ0) is 12.8. The number of nitrogens with zero attached hydrogens (tertiary/aromatic N) is 2. The van der Waals surface area contributed by atoms with E-state index in [1.165, 1.54) is 0 Å². The third-order valence-corrected chi connectivity index (χ3v) is 3.16. The second kappa shape index (κ2) is 6.74. The van der Waals surface area contributed by atoms with E-state index < -0.39 is 0 Å². The van der Waals surface area contributed by atoms with E-state index in [4.69, 9.17) is 0 Å². The average Bonchev–Trinajstić information content (AvgIpc) is 2.26. The molecule has 4 nitrogen and oxygen atoms in total. The smallest absolute Gasteiger partial charge is 0.219 e. The predicted molar refractivity (Wildman–Crippen MR) is 67.8 cm³/mol. The lowest BCUT2D eigenvalue weighted by Crippen LogP contribution is -2.48. The lowest BCUT2D eigenvalue weighted by atomic mass is 10.1. The zero-order valence-electron chi connectivity index (χ0n) is 11.2.